The molecule has 0 aliphatic heterocycles. The van der Waals surface area contributed by atoms with Crippen molar-refractivity contribution in [3.8, 4) is 11.5 Å². The summed E-state index contributed by atoms with van der Waals surface area (Å²) in [6, 6.07) is 16.2. The van der Waals surface area contributed by atoms with Gasteiger partial charge in [-0.3, -0.25) is 4.79 Å². The first-order valence-corrected chi connectivity index (χ1v) is 8.10. The van der Waals surface area contributed by atoms with Crippen LogP contribution in [0.1, 0.15) is 26.3 Å². The highest BCUT2D eigenvalue weighted by Gasteiger charge is 2.17. The quantitative estimate of drug-likeness (QED) is 0.344. The van der Waals surface area contributed by atoms with Crippen molar-refractivity contribution in [2.24, 2.45) is 0 Å². The number of ketones is 1. The van der Waals surface area contributed by atoms with Crippen molar-refractivity contribution in [3.05, 3.63) is 95.3 Å². The Kier molecular flexibility index (Phi) is 5.74. The van der Waals surface area contributed by atoms with Crippen molar-refractivity contribution in [2.45, 2.75) is 6.61 Å². The van der Waals surface area contributed by atoms with Gasteiger partial charge in [0.2, 0.25) is 0 Å². The molecule has 0 heterocycles. The minimum Gasteiger partial charge on any atom is -0.434 e. The van der Waals surface area contributed by atoms with Crippen LogP contribution in [0, 0.1) is 5.82 Å². The van der Waals surface area contributed by atoms with Gasteiger partial charge in [-0.1, -0.05) is 12.1 Å². The first-order chi connectivity index (χ1) is 13.4. The Morgan fingerprint density at radius 1 is 0.786 bits per heavy atom. The van der Waals surface area contributed by atoms with Crippen LogP contribution in [-0.2, 0) is 0 Å². The van der Waals surface area contributed by atoms with Gasteiger partial charge in [0, 0.05) is 11.1 Å². The van der Waals surface area contributed by atoms with Crippen molar-refractivity contribution in [2.75, 3.05) is 0 Å². The number of rotatable bonds is 6. The fraction of sp³-hybridized carbons (Fsp3) is 0.0476. The molecule has 28 heavy (non-hydrogen) atoms. The molecular formula is C21H13F3O4. The summed E-state index contributed by atoms with van der Waals surface area (Å²) in [6.07, 6.45) is 0. The molecule has 0 spiro atoms. The summed E-state index contributed by atoms with van der Waals surface area (Å²) in [7, 11) is 0. The third-order valence-electron chi connectivity index (χ3n) is 3.76. The van der Waals surface area contributed by atoms with E-state index < -0.39 is 18.4 Å². The average Bonchev–Trinajstić information content (AvgIpc) is 2.68. The van der Waals surface area contributed by atoms with E-state index in [4.69, 9.17) is 4.74 Å². The maximum atomic E-state index is 13.0. The van der Waals surface area contributed by atoms with E-state index in [1.807, 2.05) is 0 Å². The summed E-state index contributed by atoms with van der Waals surface area (Å²) in [6.45, 7) is -3.08. The van der Waals surface area contributed by atoms with Gasteiger partial charge in [0.05, 0.1) is 0 Å². The zero-order valence-corrected chi connectivity index (χ0v) is 14.3. The number of esters is 1. The Labute approximate surface area is 158 Å². The number of halogens is 3. The van der Waals surface area contributed by atoms with Crippen LogP contribution in [0.25, 0.3) is 0 Å². The number of alkyl halides is 2. The number of para-hydroxylation sites is 1. The maximum absolute atomic E-state index is 13.0. The van der Waals surface area contributed by atoms with Crippen molar-refractivity contribution < 1.29 is 32.2 Å². The van der Waals surface area contributed by atoms with Crippen LogP contribution in [0.4, 0.5) is 13.2 Å². The molecule has 0 saturated heterocycles. The molecule has 0 fully saturated rings. The Balaban J connectivity index is 1.73. The van der Waals surface area contributed by atoms with E-state index in [0.717, 1.165) is 0 Å². The molecule has 0 amide bonds. The van der Waals surface area contributed by atoms with Crippen LogP contribution in [0.15, 0.2) is 72.8 Å². The summed E-state index contributed by atoms with van der Waals surface area (Å²) in [5.74, 6) is -1.84. The van der Waals surface area contributed by atoms with Crippen LogP contribution in [0.3, 0.4) is 0 Å². The lowest BCUT2D eigenvalue weighted by Gasteiger charge is -2.10. The van der Waals surface area contributed by atoms with Gasteiger partial charge in [-0.05, 0) is 60.7 Å². The number of benzene rings is 3. The lowest BCUT2D eigenvalue weighted by Crippen LogP contribution is -2.12. The summed E-state index contributed by atoms with van der Waals surface area (Å²) in [5.41, 5.74) is 0.464. The highest BCUT2D eigenvalue weighted by Crippen LogP contribution is 2.23. The molecule has 4 nitrogen and oxygen atoms in total. The van der Waals surface area contributed by atoms with Gasteiger partial charge in [-0.2, -0.15) is 8.78 Å². The highest BCUT2D eigenvalue weighted by molar-refractivity contribution is 6.09. The molecular weight excluding hydrogens is 373 g/mol. The van der Waals surface area contributed by atoms with E-state index in [1.54, 1.807) is 0 Å². The van der Waals surface area contributed by atoms with Gasteiger partial charge in [0.1, 0.15) is 22.9 Å². The van der Waals surface area contributed by atoms with Crippen LogP contribution in [-0.4, -0.2) is 18.4 Å². The SMILES string of the molecule is O=C(c1ccc(F)cc1)c1ccc(OC(=O)c2ccccc2OC(F)F)cc1. The summed E-state index contributed by atoms with van der Waals surface area (Å²) >= 11 is 0. The molecule has 0 aliphatic rings. The first-order valence-electron chi connectivity index (χ1n) is 8.10. The summed E-state index contributed by atoms with van der Waals surface area (Å²) in [5, 5.41) is 0. The topological polar surface area (TPSA) is 52.6 Å². The molecule has 0 aromatic heterocycles. The first kappa shape index (κ1) is 19.2. The number of carbonyl (C=O) groups is 2. The zero-order valence-electron chi connectivity index (χ0n) is 14.3. The lowest BCUT2D eigenvalue weighted by atomic mass is 10.0. The van der Waals surface area contributed by atoms with Crippen LogP contribution in [0.5, 0.6) is 11.5 Å². The number of ether oxygens (including phenoxy) is 2. The van der Waals surface area contributed by atoms with Gasteiger partial charge in [0.25, 0.3) is 0 Å². The fourth-order valence-electron chi connectivity index (χ4n) is 2.44. The Bertz CT molecular complexity index is 983. The molecule has 0 saturated carbocycles. The Morgan fingerprint density at radius 2 is 1.36 bits per heavy atom. The lowest BCUT2D eigenvalue weighted by molar-refractivity contribution is -0.0503. The van der Waals surface area contributed by atoms with E-state index in [0.29, 0.717) is 11.1 Å². The third kappa shape index (κ3) is 4.56. The van der Waals surface area contributed by atoms with E-state index in [9.17, 15) is 22.8 Å². The van der Waals surface area contributed by atoms with Crippen molar-refractivity contribution in [1.29, 1.82) is 0 Å². The van der Waals surface area contributed by atoms with E-state index in [2.05, 4.69) is 4.74 Å². The standard InChI is InChI=1S/C21H13F3O4/c22-15-9-5-13(6-10-15)19(25)14-7-11-16(12-8-14)27-20(26)17-3-1-2-4-18(17)28-21(23)24/h1-12,21H. The van der Waals surface area contributed by atoms with Crippen molar-refractivity contribution in [1.82, 2.24) is 0 Å². The smallest absolute Gasteiger partial charge is 0.387 e. The number of hydrogen-bond acceptors (Lipinski definition) is 4. The van der Waals surface area contributed by atoms with E-state index in [1.165, 1.54) is 72.8 Å². The molecule has 0 N–H and O–H groups in total. The van der Waals surface area contributed by atoms with Gasteiger partial charge < -0.3 is 9.47 Å². The second kappa shape index (κ2) is 8.39. The molecule has 0 aliphatic carbocycles. The second-order valence-electron chi connectivity index (χ2n) is 5.62. The third-order valence-corrected chi connectivity index (χ3v) is 3.76. The molecule has 7 heteroatoms. The molecule has 142 valence electrons. The molecule has 0 unspecified atom stereocenters. The number of hydrogen-bond donors (Lipinski definition) is 0. The Morgan fingerprint density at radius 3 is 1.96 bits per heavy atom. The van der Waals surface area contributed by atoms with E-state index in [-0.39, 0.29) is 22.8 Å². The van der Waals surface area contributed by atoms with Crippen LogP contribution >= 0.6 is 0 Å². The van der Waals surface area contributed by atoms with Crippen LogP contribution < -0.4 is 9.47 Å². The molecule has 0 bridgehead atoms. The number of carbonyl (C=O) groups excluding carboxylic acids is 2. The molecule has 0 radical (unpaired) electrons. The van der Waals surface area contributed by atoms with E-state index >= 15 is 0 Å². The normalized spacial score (nSPS) is 10.6. The zero-order chi connectivity index (χ0) is 20.1. The predicted molar refractivity (Wildman–Crippen MR) is 94.3 cm³/mol. The summed E-state index contributed by atoms with van der Waals surface area (Å²) < 4.78 is 47.3. The second-order valence-corrected chi connectivity index (χ2v) is 5.62. The maximum Gasteiger partial charge on any atom is 0.387 e. The fourth-order valence-corrected chi connectivity index (χ4v) is 2.44. The van der Waals surface area contributed by atoms with Gasteiger partial charge in [-0.25, -0.2) is 9.18 Å². The molecule has 3 aromatic rings. The highest BCUT2D eigenvalue weighted by atomic mass is 19.3. The Hall–Kier alpha value is -3.61. The molecule has 3 rings (SSSR count). The minimum absolute atomic E-state index is 0.118. The largest absolute Gasteiger partial charge is 0.434 e. The molecule has 0 atom stereocenters. The van der Waals surface area contributed by atoms with Crippen molar-refractivity contribution >= 4 is 11.8 Å². The average molecular weight is 386 g/mol. The van der Waals surface area contributed by atoms with Crippen molar-refractivity contribution in [3.63, 3.8) is 0 Å². The monoisotopic (exact) mass is 386 g/mol. The summed E-state index contributed by atoms with van der Waals surface area (Å²) in [4.78, 5) is 24.6. The predicted octanol–water partition coefficient (Wildman–Crippen LogP) is 4.88. The molecule has 3 aromatic carbocycles. The van der Waals surface area contributed by atoms with Gasteiger partial charge in [0.15, 0.2) is 5.78 Å². The van der Waals surface area contributed by atoms with Gasteiger partial charge >= 0.3 is 12.6 Å². The van der Waals surface area contributed by atoms with Gasteiger partial charge in [-0.15, -0.1) is 0 Å². The van der Waals surface area contributed by atoms with Crippen LogP contribution in [0.2, 0.25) is 0 Å². The minimum atomic E-state index is -3.08.